The van der Waals surface area contributed by atoms with E-state index in [0.29, 0.717) is 40.0 Å². The molecular weight excluding hydrogens is 442 g/mol. The van der Waals surface area contributed by atoms with Crippen LogP contribution in [0, 0.1) is 0 Å². The van der Waals surface area contributed by atoms with Gasteiger partial charge in [-0.3, -0.25) is 4.79 Å². The van der Waals surface area contributed by atoms with Crippen LogP contribution in [0.4, 0.5) is 0 Å². The number of carbonyl (C=O) groups excluding carboxylic acids is 2. The highest BCUT2D eigenvalue weighted by atomic mass is 79.9. The number of carbonyl (C=O) groups is 2. The summed E-state index contributed by atoms with van der Waals surface area (Å²) in [5.41, 5.74) is 0.362. The molecule has 0 bridgehead atoms. The standard InChI is InChI=1S/C17H23Br2NO4/c1-4-9-20(10-5-2)14(21)11-24-16-13(18)8-7-12(15(16)19)17(22)23-6-3/h7-8H,4-6,9-11H2,1-3H3. The average Bonchev–Trinajstić information content (AvgIpc) is 2.54. The Hall–Kier alpha value is -1.08. The second-order valence-electron chi connectivity index (χ2n) is 5.13. The molecule has 0 aromatic heterocycles. The molecule has 0 saturated carbocycles. The number of halogens is 2. The van der Waals surface area contributed by atoms with Crippen LogP contribution in [0.1, 0.15) is 44.0 Å². The molecule has 1 aromatic rings. The Morgan fingerprint density at radius 2 is 1.71 bits per heavy atom. The van der Waals surface area contributed by atoms with E-state index in [4.69, 9.17) is 9.47 Å². The first-order valence-electron chi connectivity index (χ1n) is 8.01. The predicted octanol–water partition coefficient (Wildman–Crippen LogP) is 4.42. The van der Waals surface area contributed by atoms with Crippen LogP contribution in [-0.2, 0) is 9.53 Å². The van der Waals surface area contributed by atoms with E-state index in [1.54, 1.807) is 24.0 Å². The first-order valence-corrected chi connectivity index (χ1v) is 9.60. The highest BCUT2D eigenvalue weighted by Crippen LogP contribution is 2.36. The van der Waals surface area contributed by atoms with Crippen molar-refractivity contribution in [1.29, 1.82) is 0 Å². The van der Waals surface area contributed by atoms with Crippen molar-refractivity contribution in [3.63, 3.8) is 0 Å². The zero-order chi connectivity index (χ0) is 18.1. The van der Waals surface area contributed by atoms with Crippen LogP contribution in [0.25, 0.3) is 0 Å². The molecule has 5 nitrogen and oxygen atoms in total. The fraction of sp³-hybridized carbons (Fsp3) is 0.529. The van der Waals surface area contributed by atoms with E-state index < -0.39 is 5.97 Å². The van der Waals surface area contributed by atoms with Gasteiger partial charge in [0.25, 0.3) is 5.91 Å². The van der Waals surface area contributed by atoms with Gasteiger partial charge in [0.1, 0.15) is 5.75 Å². The lowest BCUT2D eigenvalue weighted by atomic mass is 10.2. The number of ether oxygens (including phenoxy) is 2. The van der Waals surface area contributed by atoms with Crippen molar-refractivity contribution in [1.82, 2.24) is 4.90 Å². The fourth-order valence-corrected chi connectivity index (χ4v) is 3.49. The van der Waals surface area contributed by atoms with Gasteiger partial charge >= 0.3 is 5.97 Å². The number of esters is 1. The molecule has 0 aliphatic heterocycles. The summed E-state index contributed by atoms with van der Waals surface area (Å²) in [5, 5.41) is 0. The predicted molar refractivity (Wildman–Crippen MR) is 100 cm³/mol. The summed E-state index contributed by atoms with van der Waals surface area (Å²) in [6.45, 7) is 7.45. The van der Waals surface area contributed by atoms with Crippen molar-refractivity contribution in [2.75, 3.05) is 26.3 Å². The van der Waals surface area contributed by atoms with Crippen LogP contribution in [0.3, 0.4) is 0 Å². The quantitative estimate of drug-likeness (QED) is 0.507. The minimum atomic E-state index is -0.438. The second kappa shape index (κ2) is 10.7. The Bertz CT molecular complexity index is 572. The largest absolute Gasteiger partial charge is 0.481 e. The molecule has 134 valence electrons. The summed E-state index contributed by atoms with van der Waals surface area (Å²) in [5.74, 6) is -0.0902. The Balaban J connectivity index is 2.88. The first-order chi connectivity index (χ1) is 11.5. The maximum Gasteiger partial charge on any atom is 0.339 e. The Morgan fingerprint density at radius 3 is 2.25 bits per heavy atom. The Kier molecular flexibility index (Phi) is 9.36. The van der Waals surface area contributed by atoms with Gasteiger partial charge in [-0.15, -0.1) is 0 Å². The van der Waals surface area contributed by atoms with E-state index in [-0.39, 0.29) is 12.5 Å². The molecule has 0 radical (unpaired) electrons. The molecular formula is C17H23Br2NO4. The summed E-state index contributed by atoms with van der Waals surface area (Å²) >= 11 is 6.76. The molecule has 0 aliphatic carbocycles. The van der Waals surface area contributed by atoms with Gasteiger partial charge in [0, 0.05) is 13.1 Å². The van der Waals surface area contributed by atoms with Gasteiger partial charge in [-0.25, -0.2) is 4.79 Å². The molecule has 1 aromatic carbocycles. The third-order valence-corrected chi connectivity index (χ3v) is 4.64. The molecule has 0 N–H and O–H groups in total. The van der Waals surface area contributed by atoms with Crippen LogP contribution >= 0.6 is 31.9 Å². The first kappa shape index (κ1) is 21.0. The van der Waals surface area contributed by atoms with E-state index >= 15 is 0 Å². The third kappa shape index (κ3) is 5.77. The van der Waals surface area contributed by atoms with Crippen LogP contribution in [0.5, 0.6) is 5.75 Å². The van der Waals surface area contributed by atoms with E-state index in [1.807, 2.05) is 13.8 Å². The summed E-state index contributed by atoms with van der Waals surface area (Å²) in [6, 6.07) is 3.34. The van der Waals surface area contributed by atoms with Crippen molar-refractivity contribution in [3.05, 3.63) is 26.6 Å². The molecule has 0 spiro atoms. The molecule has 0 aliphatic rings. The maximum atomic E-state index is 12.3. The molecule has 7 heteroatoms. The zero-order valence-corrected chi connectivity index (χ0v) is 17.4. The SMILES string of the molecule is CCCN(CCC)C(=O)COc1c(Br)ccc(C(=O)OCC)c1Br. The molecule has 0 saturated heterocycles. The van der Waals surface area contributed by atoms with Gasteiger partial charge in [-0.1, -0.05) is 13.8 Å². The maximum absolute atomic E-state index is 12.3. The van der Waals surface area contributed by atoms with Gasteiger partial charge in [0.2, 0.25) is 0 Å². The van der Waals surface area contributed by atoms with Crippen LogP contribution < -0.4 is 4.74 Å². The van der Waals surface area contributed by atoms with Gasteiger partial charge in [-0.2, -0.15) is 0 Å². The van der Waals surface area contributed by atoms with Crippen molar-refractivity contribution < 1.29 is 19.1 Å². The highest BCUT2D eigenvalue weighted by Gasteiger charge is 2.19. The summed E-state index contributed by atoms with van der Waals surface area (Å²) in [4.78, 5) is 26.1. The number of amides is 1. The number of hydrogen-bond acceptors (Lipinski definition) is 4. The second-order valence-corrected chi connectivity index (χ2v) is 6.78. The van der Waals surface area contributed by atoms with E-state index in [1.165, 1.54) is 0 Å². The van der Waals surface area contributed by atoms with Gasteiger partial charge in [0.15, 0.2) is 6.61 Å². The molecule has 0 unspecified atom stereocenters. The normalized spacial score (nSPS) is 10.4. The van der Waals surface area contributed by atoms with E-state index in [0.717, 1.165) is 12.8 Å². The van der Waals surface area contributed by atoms with Crippen molar-refractivity contribution in [2.24, 2.45) is 0 Å². The van der Waals surface area contributed by atoms with Gasteiger partial charge in [-0.05, 0) is 63.8 Å². The Morgan fingerprint density at radius 1 is 1.08 bits per heavy atom. The minimum Gasteiger partial charge on any atom is -0.481 e. The number of benzene rings is 1. The van der Waals surface area contributed by atoms with Crippen LogP contribution in [0.15, 0.2) is 21.1 Å². The lowest BCUT2D eigenvalue weighted by Crippen LogP contribution is -2.36. The smallest absolute Gasteiger partial charge is 0.339 e. The van der Waals surface area contributed by atoms with Crippen molar-refractivity contribution >= 4 is 43.7 Å². The summed E-state index contributed by atoms with van der Waals surface area (Å²) in [7, 11) is 0. The van der Waals surface area contributed by atoms with E-state index in [2.05, 4.69) is 31.9 Å². The van der Waals surface area contributed by atoms with Crippen molar-refractivity contribution in [3.8, 4) is 5.75 Å². The average molecular weight is 465 g/mol. The number of nitrogens with zero attached hydrogens (tertiary/aromatic N) is 1. The summed E-state index contributed by atoms with van der Waals surface area (Å²) in [6.07, 6.45) is 1.80. The van der Waals surface area contributed by atoms with Crippen LogP contribution in [0.2, 0.25) is 0 Å². The lowest BCUT2D eigenvalue weighted by Gasteiger charge is -2.22. The van der Waals surface area contributed by atoms with Crippen molar-refractivity contribution in [2.45, 2.75) is 33.6 Å². The van der Waals surface area contributed by atoms with Crippen LogP contribution in [-0.4, -0.2) is 43.1 Å². The zero-order valence-electron chi connectivity index (χ0n) is 14.2. The summed E-state index contributed by atoms with van der Waals surface area (Å²) < 4.78 is 11.8. The Labute approximate surface area is 159 Å². The minimum absolute atomic E-state index is 0.0703. The number of hydrogen-bond donors (Lipinski definition) is 0. The molecule has 0 heterocycles. The topological polar surface area (TPSA) is 55.8 Å². The monoisotopic (exact) mass is 463 g/mol. The fourth-order valence-electron chi connectivity index (χ4n) is 2.16. The molecule has 0 fully saturated rings. The van der Waals surface area contributed by atoms with Gasteiger partial charge in [0.05, 0.1) is 21.1 Å². The molecule has 24 heavy (non-hydrogen) atoms. The highest BCUT2D eigenvalue weighted by molar-refractivity contribution is 9.11. The van der Waals surface area contributed by atoms with E-state index in [9.17, 15) is 9.59 Å². The molecule has 0 atom stereocenters. The third-order valence-electron chi connectivity index (χ3n) is 3.22. The lowest BCUT2D eigenvalue weighted by molar-refractivity contribution is -0.133. The molecule has 1 amide bonds. The molecule has 1 rings (SSSR count). The van der Waals surface area contributed by atoms with Gasteiger partial charge < -0.3 is 14.4 Å². The number of rotatable bonds is 9.